The second-order valence-corrected chi connectivity index (χ2v) is 9.32. The number of nitrogens with one attached hydrogen (secondary N) is 2. The second kappa shape index (κ2) is 11.7. The summed E-state index contributed by atoms with van der Waals surface area (Å²) in [5.41, 5.74) is -1.20. The van der Waals surface area contributed by atoms with Gasteiger partial charge in [0.15, 0.2) is 0 Å². The van der Waals surface area contributed by atoms with Crippen LogP contribution in [0.25, 0.3) is 0 Å². The SMILES string of the molecule is CN1C[C@H](F)C[C@H]1COC1=N[C@](C(=O)O)(N2CCNC(CC#N)C2C(=O)OCc2ccccc2)C=CN1. The van der Waals surface area contributed by atoms with Crippen molar-refractivity contribution in [3.8, 4) is 6.07 Å². The van der Waals surface area contributed by atoms with Gasteiger partial charge in [-0.1, -0.05) is 30.3 Å². The van der Waals surface area contributed by atoms with Crippen molar-refractivity contribution >= 4 is 18.0 Å². The van der Waals surface area contributed by atoms with Crippen molar-refractivity contribution in [3.05, 3.63) is 48.2 Å². The average Bonchev–Trinajstić information content (AvgIpc) is 3.23. The van der Waals surface area contributed by atoms with E-state index in [1.54, 1.807) is 7.05 Å². The number of ether oxygens (including phenoxy) is 2. The summed E-state index contributed by atoms with van der Waals surface area (Å²) in [6.45, 7) is 0.911. The highest BCUT2D eigenvalue weighted by molar-refractivity contribution is 5.89. The van der Waals surface area contributed by atoms with Crippen molar-refractivity contribution in [1.82, 2.24) is 20.4 Å². The molecule has 3 N–H and O–H groups in total. The molecule has 0 saturated carbocycles. The van der Waals surface area contributed by atoms with Gasteiger partial charge in [0.2, 0.25) is 5.66 Å². The van der Waals surface area contributed by atoms with E-state index in [2.05, 4.69) is 21.7 Å². The van der Waals surface area contributed by atoms with Gasteiger partial charge in [-0.05, 0) is 25.1 Å². The number of carbonyl (C=O) groups excluding carboxylic acids is 1. The highest BCUT2D eigenvalue weighted by Crippen LogP contribution is 2.30. The van der Waals surface area contributed by atoms with Crippen molar-refractivity contribution in [2.45, 2.75) is 49.4 Å². The summed E-state index contributed by atoms with van der Waals surface area (Å²) < 4.78 is 25.1. The van der Waals surface area contributed by atoms with E-state index in [4.69, 9.17) is 9.47 Å². The minimum Gasteiger partial charge on any atom is -0.478 e. The molecule has 37 heavy (non-hydrogen) atoms. The molecule has 4 rings (SSSR count). The molecule has 3 aliphatic heterocycles. The van der Waals surface area contributed by atoms with Gasteiger partial charge in [-0.15, -0.1) is 0 Å². The smallest absolute Gasteiger partial charge is 0.351 e. The highest BCUT2D eigenvalue weighted by atomic mass is 19.1. The van der Waals surface area contributed by atoms with E-state index in [1.165, 1.54) is 17.2 Å². The number of likely N-dealkylation sites (N-methyl/N-ethyl adjacent to an activating group) is 1. The summed E-state index contributed by atoms with van der Waals surface area (Å²) in [6, 6.07) is 9.17. The Balaban J connectivity index is 1.58. The van der Waals surface area contributed by atoms with Gasteiger partial charge in [0.1, 0.15) is 25.4 Å². The Labute approximate surface area is 214 Å². The van der Waals surface area contributed by atoms with E-state index in [0.717, 1.165) is 5.56 Å². The lowest BCUT2D eigenvalue weighted by Gasteiger charge is -2.46. The Bertz CT molecular complexity index is 1080. The van der Waals surface area contributed by atoms with Crippen LogP contribution in [0.15, 0.2) is 47.6 Å². The van der Waals surface area contributed by atoms with E-state index < -0.39 is 35.9 Å². The molecular weight excluding hydrogens is 483 g/mol. The lowest BCUT2D eigenvalue weighted by atomic mass is 9.95. The highest BCUT2D eigenvalue weighted by Gasteiger charge is 2.53. The first-order valence-electron chi connectivity index (χ1n) is 12.2. The van der Waals surface area contributed by atoms with E-state index in [9.17, 15) is 24.3 Å². The maximum Gasteiger partial charge on any atom is 0.351 e. The number of benzene rings is 1. The standard InChI is InChI=1S/C25H31FN6O5/c1-31-14-18(26)13-19(31)16-37-24-29-10-8-25(30-24,23(34)35)32-12-11-28-20(7-9-27)21(32)22(33)36-15-17-5-3-2-4-6-17/h2-6,8,10,18-21,28H,7,11-16H2,1H3,(H,29,30)(H,34,35)/t18-,19+,20?,21?,25+/m1/s1. The maximum absolute atomic E-state index is 13.7. The van der Waals surface area contributed by atoms with Crippen molar-refractivity contribution in [2.75, 3.05) is 33.3 Å². The third-order valence-electron chi connectivity index (χ3n) is 6.85. The summed E-state index contributed by atoms with van der Waals surface area (Å²) in [5, 5.41) is 25.7. The Hall–Kier alpha value is -3.53. The lowest BCUT2D eigenvalue weighted by Crippen LogP contribution is -2.69. The van der Waals surface area contributed by atoms with Crippen molar-refractivity contribution in [2.24, 2.45) is 4.99 Å². The third-order valence-corrected chi connectivity index (χ3v) is 6.85. The Kier molecular flexibility index (Phi) is 8.38. The van der Waals surface area contributed by atoms with Crippen LogP contribution in [-0.2, 0) is 25.7 Å². The first-order chi connectivity index (χ1) is 17.8. The molecule has 3 heterocycles. The molecule has 198 valence electrons. The predicted octanol–water partition coefficient (Wildman–Crippen LogP) is 0.598. The fraction of sp³-hybridized carbons (Fsp3) is 0.520. The molecule has 11 nitrogen and oxygen atoms in total. The monoisotopic (exact) mass is 514 g/mol. The number of carboxylic acids is 1. The molecule has 12 heteroatoms. The molecule has 1 aromatic carbocycles. The average molecular weight is 515 g/mol. The zero-order valence-corrected chi connectivity index (χ0v) is 20.5. The van der Waals surface area contributed by atoms with Crippen molar-refractivity contribution in [1.29, 1.82) is 5.26 Å². The van der Waals surface area contributed by atoms with Crippen LogP contribution in [-0.4, -0.2) is 96.1 Å². The van der Waals surface area contributed by atoms with Gasteiger partial charge < -0.3 is 25.2 Å². The van der Waals surface area contributed by atoms with Crippen LogP contribution in [0, 0.1) is 11.3 Å². The summed E-state index contributed by atoms with van der Waals surface area (Å²) >= 11 is 0. The van der Waals surface area contributed by atoms with Gasteiger partial charge in [-0.25, -0.2) is 9.18 Å². The zero-order valence-electron chi connectivity index (χ0n) is 20.5. The number of amidine groups is 1. The maximum atomic E-state index is 13.7. The van der Waals surface area contributed by atoms with Crippen LogP contribution < -0.4 is 10.6 Å². The number of carboxylic acid groups (broad SMARTS) is 1. The minimum atomic E-state index is -1.98. The number of nitriles is 1. The van der Waals surface area contributed by atoms with Gasteiger partial charge in [0.05, 0.1) is 12.5 Å². The molecule has 0 amide bonds. The van der Waals surface area contributed by atoms with Crippen LogP contribution >= 0.6 is 0 Å². The molecule has 2 unspecified atom stereocenters. The quantitative estimate of drug-likeness (QED) is 0.423. The number of carbonyl (C=O) groups is 2. The minimum absolute atomic E-state index is 0.00283. The number of likely N-dealkylation sites (tertiary alicyclic amines) is 1. The molecule has 2 fully saturated rings. The lowest BCUT2D eigenvalue weighted by molar-refractivity contribution is -0.163. The normalized spacial score (nSPS) is 30.1. The van der Waals surface area contributed by atoms with Gasteiger partial charge in [-0.3, -0.25) is 14.6 Å². The molecule has 0 aliphatic carbocycles. The van der Waals surface area contributed by atoms with Crippen LogP contribution in [0.3, 0.4) is 0 Å². The van der Waals surface area contributed by atoms with Gasteiger partial charge >= 0.3 is 11.9 Å². The van der Waals surface area contributed by atoms with Gasteiger partial charge in [-0.2, -0.15) is 10.3 Å². The summed E-state index contributed by atoms with van der Waals surface area (Å²) in [5.74, 6) is -1.98. The molecule has 3 aliphatic rings. The van der Waals surface area contributed by atoms with E-state index in [0.29, 0.717) is 19.5 Å². The van der Waals surface area contributed by atoms with Gasteiger partial charge in [0, 0.05) is 37.9 Å². The number of aliphatic carboxylic acids is 1. The van der Waals surface area contributed by atoms with E-state index in [-0.39, 0.29) is 38.2 Å². The van der Waals surface area contributed by atoms with Crippen molar-refractivity contribution in [3.63, 3.8) is 0 Å². The summed E-state index contributed by atoms with van der Waals surface area (Å²) in [7, 11) is 1.80. The van der Waals surface area contributed by atoms with Crippen LogP contribution in [0.5, 0.6) is 0 Å². The Morgan fingerprint density at radius 3 is 2.81 bits per heavy atom. The number of aliphatic imine (C=N–C) groups is 1. The molecule has 0 aromatic heterocycles. The molecule has 0 bridgehead atoms. The third kappa shape index (κ3) is 5.90. The number of rotatable bonds is 8. The molecule has 0 radical (unpaired) electrons. The molecule has 2 saturated heterocycles. The van der Waals surface area contributed by atoms with Crippen molar-refractivity contribution < 1.29 is 28.6 Å². The summed E-state index contributed by atoms with van der Waals surface area (Å²) in [6.07, 6.45) is 2.07. The molecule has 1 aromatic rings. The van der Waals surface area contributed by atoms with Crippen LogP contribution in [0.1, 0.15) is 18.4 Å². The van der Waals surface area contributed by atoms with Crippen LogP contribution in [0.2, 0.25) is 0 Å². The number of halogens is 1. The Morgan fingerprint density at radius 2 is 2.14 bits per heavy atom. The number of piperazine rings is 1. The topological polar surface area (TPSA) is 140 Å². The van der Waals surface area contributed by atoms with E-state index >= 15 is 0 Å². The number of hydrogen-bond acceptors (Lipinski definition) is 10. The van der Waals surface area contributed by atoms with E-state index in [1.807, 2.05) is 35.2 Å². The number of esters is 1. The number of nitrogens with zero attached hydrogens (tertiary/aromatic N) is 4. The summed E-state index contributed by atoms with van der Waals surface area (Å²) in [4.78, 5) is 33.7. The zero-order chi connectivity index (χ0) is 26.4. The predicted molar refractivity (Wildman–Crippen MR) is 131 cm³/mol. The fourth-order valence-electron chi connectivity index (χ4n) is 4.92. The largest absolute Gasteiger partial charge is 0.478 e. The molecule has 5 atom stereocenters. The number of alkyl halides is 1. The first kappa shape index (κ1) is 26.5. The second-order valence-electron chi connectivity index (χ2n) is 9.32. The number of hydrogen-bond donors (Lipinski definition) is 3. The first-order valence-corrected chi connectivity index (χ1v) is 12.2. The molecule has 0 spiro atoms. The van der Waals surface area contributed by atoms with Crippen LogP contribution in [0.4, 0.5) is 4.39 Å². The molecular formula is C25H31FN6O5. The van der Waals surface area contributed by atoms with Gasteiger partial charge in [0.25, 0.3) is 6.02 Å². The fourth-order valence-corrected chi connectivity index (χ4v) is 4.92. The Morgan fingerprint density at radius 1 is 1.35 bits per heavy atom.